The molecule has 210 valence electrons. The fraction of sp³-hybridized carbons (Fsp3) is 0.586. The zero-order valence-corrected chi connectivity index (χ0v) is 21.9. The second kappa shape index (κ2) is 13.5. The normalized spacial score (nSPS) is 20.7. The SMILES string of the molecule is CCC(O)COc1ccc(N2CCC(CC(OC3CCCCO3)c3ccc(OC(F)(F)F)cc3)CC2)cc1. The number of hydrogen-bond acceptors (Lipinski definition) is 6. The highest BCUT2D eigenvalue weighted by atomic mass is 19.4. The van der Waals surface area contributed by atoms with Crippen molar-refractivity contribution in [2.75, 3.05) is 31.2 Å². The first-order valence-corrected chi connectivity index (χ1v) is 13.6. The molecular formula is C29H38F3NO5. The van der Waals surface area contributed by atoms with Gasteiger partial charge in [0.15, 0.2) is 6.29 Å². The molecule has 3 atom stereocenters. The minimum absolute atomic E-state index is 0.236. The van der Waals surface area contributed by atoms with Crippen molar-refractivity contribution in [2.24, 2.45) is 5.92 Å². The van der Waals surface area contributed by atoms with Gasteiger partial charge in [-0.1, -0.05) is 19.1 Å². The number of halogens is 3. The number of hydrogen-bond donors (Lipinski definition) is 1. The van der Waals surface area contributed by atoms with Crippen LogP contribution in [-0.2, 0) is 9.47 Å². The lowest BCUT2D eigenvalue weighted by Gasteiger charge is -2.36. The summed E-state index contributed by atoms with van der Waals surface area (Å²) in [6.07, 6.45) is 0.555. The summed E-state index contributed by atoms with van der Waals surface area (Å²) in [5.41, 5.74) is 1.97. The molecule has 3 unspecified atom stereocenters. The smallest absolute Gasteiger partial charge is 0.491 e. The lowest BCUT2D eigenvalue weighted by molar-refractivity contribution is -0.274. The van der Waals surface area contributed by atoms with E-state index < -0.39 is 12.5 Å². The quantitative estimate of drug-likeness (QED) is 0.347. The Hall–Kier alpha value is -2.49. The molecule has 2 aliphatic heterocycles. The molecule has 0 saturated carbocycles. The number of rotatable bonds is 11. The summed E-state index contributed by atoms with van der Waals surface area (Å²) in [5, 5.41) is 9.69. The number of aliphatic hydroxyl groups excluding tert-OH is 1. The van der Waals surface area contributed by atoms with Crippen LogP contribution in [0.3, 0.4) is 0 Å². The van der Waals surface area contributed by atoms with Crippen molar-refractivity contribution in [2.45, 2.75) is 76.7 Å². The third-order valence-electron chi connectivity index (χ3n) is 7.22. The summed E-state index contributed by atoms with van der Waals surface area (Å²) in [5.74, 6) is 0.928. The molecule has 0 aliphatic carbocycles. The van der Waals surface area contributed by atoms with Gasteiger partial charge in [-0.05, 0) is 92.8 Å². The first-order chi connectivity index (χ1) is 18.3. The third kappa shape index (κ3) is 8.78. The van der Waals surface area contributed by atoms with Crippen LogP contribution in [0.1, 0.15) is 63.5 Å². The highest BCUT2D eigenvalue weighted by Gasteiger charge is 2.31. The molecule has 2 heterocycles. The Kier molecular flexibility index (Phi) is 10.2. The molecule has 0 spiro atoms. The molecule has 6 nitrogen and oxygen atoms in total. The summed E-state index contributed by atoms with van der Waals surface area (Å²) in [4.78, 5) is 2.35. The molecule has 4 rings (SSSR count). The summed E-state index contributed by atoms with van der Waals surface area (Å²) in [7, 11) is 0. The predicted molar refractivity (Wildman–Crippen MR) is 138 cm³/mol. The minimum atomic E-state index is -4.72. The van der Waals surface area contributed by atoms with Gasteiger partial charge in [0.1, 0.15) is 18.1 Å². The summed E-state index contributed by atoms with van der Waals surface area (Å²) >= 11 is 0. The molecule has 2 fully saturated rings. The topological polar surface area (TPSA) is 60.4 Å². The van der Waals surface area contributed by atoms with E-state index in [2.05, 4.69) is 9.64 Å². The van der Waals surface area contributed by atoms with E-state index in [1.54, 1.807) is 12.1 Å². The van der Waals surface area contributed by atoms with E-state index in [-0.39, 0.29) is 24.8 Å². The average molecular weight is 538 g/mol. The number of anilines is 1. The molecule has 0 amide bonds. The van der Waals surface area contributed by atoms with Crippen molar-refractivity contribution < 1.29 is 37.2 Å². The monoisotopic (exact) mass is 537 g/mol. The number of alkyl halides is 3. The van der Waals surface area contributed by atoms with Gasteiger partial charge in [0.2, 0.25) is 0 Å². The molecule has 2 saturated heterocycles. The first kappa shape index (κ1) is 28.5. The lowest BCUT2D eigenvalue weighted by atomic mass is 9.88. The molecule has 2 aliphatic rings. The van der Waals surface area contributed by atoms with E-state index >= 15 is 0 Å². The predicted octanol–water partition coefficient (Wildman–Crippen LogP) is 6.63. The zero-order valence-electron chi connectivity index (χ0n) is 21.9. The Morgan fingerprint density at radius 1 is 0.974 bits per heavy atom. The molecular weight excluding hydrogens is 499 g/mol. The Labute approximate surface area is 222 Å². The Morgan fingerprint density at radius 2 is 1.66 bits per heavy atom. The van der Waals surface area contributed by atoms with Gasteiger partial charge in [-0.25, -0.2) is 0 Å². The molecule has 2 aromatic carbocycles. The molecule has 0 aromatic heterocycles. The molecule has 9 heteroatoms. The van der Waals surface area contributed by atoms with E-state index in [1.807, 2.05) is 31.2 Å². The van der Waals surface area contributed by atoms with Crippen LogP contribution in [0.5, 0.6) is 11.5 Å². The molecule has 0 bridgehead atoms. The van der Waals surface area contributed by atoms with Crippen LogP contribution in [0.4, 0.5) is 18.9 Å². The fourth-order valence-electron chi connectivity index (χ4n) is 4.95. The second-order valence-corrected chi connectivity index (χ2v) is 10.1. The van der Waals surface area contributed by atoms with Crippen LogP contribution in [0.15, 0.2) is 48.5 Å². The summed E-state index contributed by atoms with van der Waals surface area (Å²) < 4.78 is 59.6. The van der Waals surface area contributed by atoms with Crippen LogP contribution in [0.25, 0.3) is 0 Å². The van der Waals surface area contributed by atoms with Gasteiger partial charge in [0.05, 0.1) is 12.2 Å². The first-order valence-electron chi connectivity index (χ1n) is 13.6. The molecule has 2 aromatic rings. The molecule has 0 radical (unpaired) electrons. The maximum atomic E-state index is 12.6. The van der Waals surface area contributed by atoms with Crippen molar-refractivity contribution in [3.05, 3.63) is 54.1 Å². The van der Waals surface area contributed by atoms with E-state index in [4.69, 9.17) is 14.2 Å². The van der Waals surface area contributed by atoms with Crippen LogP contribution >= 0.6 is 0 Å². The molecule has 38 heavy (non-hydrogen) atoms. The standard InChI is InChI=1S/C29H38F3NO5/c1-2-24(34)20-36-25-12-8-23(9-13-25)33-16-14-21(15-17-33)19-27(37-28-5-3-4-18-35-28)22-6-10-26(11-7-22)38-29(30,31)32/h6-13,21,24,27-28,34H,2-5,14-20H2,1H3. The van der Waals surface area contributed by atoms with E-state index in [1.165, 1.54) is 12.1 Å². The van der Waals surface area contributed by atoms with Crippen LogP contribution in [0.2, 0.25) is 0 Å². The maximum Gasteiger partial charge on any atom is 0.573 e. The minimum Gasteiger partial charge on any atom is -0.491 e. The molecule has 1 N–H and O–H groups in total. The van der Waals surface area contributed by atoms with Gasteiger partial charge < -0.3 is 29.0 Å². The van der Waals surface area contributed by atoms with Crippen molar-refractivity contribution in [1.29, 1.82) is 0 Å². The number of aliphatic hydroxyl groups is 1. The summed E-state index contributed by atoms with van der Waals surface area (Å²) in [6.45, 7) is 4.68. The van der Waals surface area contributed by atoms with Crippen LogP contribution in [-0.4, -0.2) is 50.2 Å². The Balaban J connectivity index is 1.34. The Morgan fingerprint density at radius 3 is 2.26 bits per heavy atom. The highest BCUT2D eigenvalue weighted by molar-refractivity contribution is 5.49. The highest BCUT2D eigenvalue weighted by Crippen LogP contribution is 2.35. The lowest BCUT2D eigenvalue weighted by Crippen LogP contribution is -2.34. The maximum absolute atomic E-state index is 12.6. The van der Waals surface area contributed by atoms with Gasteiger partial charge >= 0.3 is 6.36 Å². The third-order valence-corrected chi connectivity index (χ3v) is 7.22. The van der Waals surface area contributed by atoms with Gasteiger partial charge in [-0.15, -0.1) is 13.2 Å². The van der Waals surface area contributed by atoms with Crippen molar-refractivity contribution >= 4 is 5.69 Å². The van der Waals surface area contributed by atoms with E-state index in [9.17, 15) is 18.3 Å². The van der Waals surface area contributed by atoms with Gasteiger partial charge in [-0.3, -0.25) is 0 Å². The van der Waals surface area contributed by atoms with Crippen molar-refractivity contribution in [3.8, 4) is 11.5 Å². The van der Waals surface area contributed by atoms with Gasteiger partial charge in [-0.2, -0.15) is 0 Å². The van der Waals surface area contributed by atoms with Crippen LogP contribution < -0.4 is 14.4 Å². The van der Waals surface area contributed by atoms with Gasteiger partial charge in [0, 0.05) is 25.4 Å². The van der Waals surface area contributed by atoms with E-state index in [0.29, 0.717) is 18.9 Å². The van der Waals surface area contributed by atoms with Crippen molar-refractivity contribution in [3.63, 3.8) is 0 Å². The second-order valence-electron chi connectivity index (χ2n) is 10.1. The summed E-state index contributed by atoms with van der Waals surface area (Å²) in [6, 6.07) is 14.0. The number of nitrogens with zero attached hydrogens (tertiary/aromatic N) is 1. The van der Waals surface area contributed by atoms with Crippen LogP contribution in [0, 0.1) is 5.92 Å². The zero-order chi connectivity index (χ0) is 27.0. The van der Waals surface area contributed by atoms with E-state index in [0.717, 1.165) is 68.6 Å². The number of piperidine rings is 1. The Bertz CT molecular complexity index is 956. The number of ether oxygens (including phenoxy) is 4. The largest absolute Gasteiger partial charge is 0.573 e. The van der Waals surface area contributed by atoms with Gasteiger partial charge in [0.25, 0.3) is 0 Å². The average Bonchev–Trinajstić information content (AvgIpc) is 2.92. The number of benzene rings is 2. The van der Waals surface area contributed by atoms with Crippen molar-refractivity contribution in [1.82, 2.24) is 0 Å². The fourth-order valence-corrected chi connectivity index (χ4v) is 4.95.